The fraction of sp³-hybridized carbons (Fsp3) is 0.500. The van der Waals surface area contributed by atoms with Gasteiger partial charge in [0.2, 0.25) is 5.65 Å². The molecule has 9 heteroatoms. The predicted molar refractivity (Wildman–Crippen MR) is 103 cm³/mol. The molecule has 3 aromatic rings. The normalized spacial score (nSPS) is 17.8. The van der Waals surface area contributed by atoms with E-state index in [0.29, 0.717) is 35.2 Å². The number of nitrogens with zero attached hydrogens (tertiary/aromatic N) is 7. The molecule has 8 nitrogen and oxygen atoms in total. The Balaban J connectivity index is 1.80. The molecule has 4 heterocycles. The first-order valence-corrected chi connectivity index (χ1v) is 9.35. The van der Waals surface area contributed by atoms with Crippen LogP contribution < -0.4 is 4.90 Å². The molecule has 142 valence electrons. The zero-order valence-electron chi connectivity index (χ0n) is 15.6. The Hall–Kier alpha value is -2.32. The smallest absolute Gasteiger partial charge is 0.207 e. The van der Waals surface area contributed by atoms with Gasteiger partial charge in [0.1, 0.15) is 11.0 Å². The number of hydrogen-bond donors (Lipinski definition) is 1. The van der Waals surface area contributed by atoms with Gasteiger partial charge in [0.15, 0.2) is 11.3 Å². The molecule has 1 fully saturated rings. The molecule has 4 rings (SSSR count). The second-order valence-corrected chi connectivity index (χ2v) is 8.22. The monoisotopic (exact) mass is 387 g/mol. The predicted octanol–water partition coefficient (Wildman–Crippen LogP) is 2.19. The quantitative estimate of drug-likeness (QED) is 0.688. The van der Waals surface area contributed by atoms with E-state index in [1.54, 1.807) is 11.0 Å². The van der Waals surface area contributed by atoms with E-state index in [4.69, 9.17) is 16.6 Å². The summed E-state index contributed by atoms with van der Waals surface area (Å²) in [6, 6.07) is 3.73. The standard InChI is InChI=1S/C18H22ClN7O/c1-18(2,3)17-21-15-13(16(22-17)25-8-6-12(27)10-25)23-26(24-15)9-11-5-4-7-20-14(11)19/h4-5,7,12,27H,6,8-10H2,1-3H3. The summed E-state index contributed by atoms with van der Waals surface area (Å²) in [4.78, 5) is 17.1. The van der Waals surface area contributed by atoms with Crippen LogP contribution in [0.4, 0.5) is 5.82 Å². The second-order valence-electron chi connectivity index (χ2n) is 7.87. The van der Waals surface area contributed by atoms with Gasteiger partial charge >= 0.3 is 0 Å². The van der Waals surface area contributed by atoms with Crippen molar-refractivity contribution >= 4 is 28.6 Å². The maximum absolute atomic E-state index is 9.94. The molecule has 0 aliphatic carbocycles. The Labute approximate surface area is 162 Å². The molecular weight excluding hydrogens is 366 g/mol. The first kappa shape index (κ1) is 18.1. The van der Waals surface area contributed by atoms with Crippen molar-refractivity contribution in [3.63, 3.8) is 0 Å². The maximum atomic E-state index is 9.94. The Morgan fingerprint density at radius 1 is 1.26 bits per heavy atom. The molecule has 0 saturated carbocycles. The lowest BCUT2D eigenvalue weighted by Crippen LogP contribution is -2.25. The van der Waals surface area contributed by atoms with E-state index in [1.807, 2.05) is 12.1 Å². The van der Waals surface area contributed by atoms with Crippen LogP contribution in [0.2, 0.25) is 5.15 Å². The number of aliphatic hydroxyl groups is 1. The van der Waals surface area contributed by atoms with Crippen LogP contribution >= 0.6 is 11.6 Å². The lowest BCUT2D eigenvalue weighted by Gasteiger charge is -2.21. The van der Waals surface area contributed by atoms with Crippen molar-refractivity contribution in [2.45, 2.75) is 45.3 Å². The van der Waals surface area contributed by atoms with Gasteiger partial charge in [-0.15, -0.1) is 10.2 Å². The van der Waals surface area contributed by atoms with E-state index in [2.05, 4.69) is 45.8 Å². The summed E-state index contributed by atoms with van der Waals surface area (Å²) in [7, 11) is 0. The van der Waals surface area contributed by atoms with Crippen LogP contribution in [0.15, 0.2) is 18.3 Å². The van der Waals surface area contributed by atoms with Gasteiger partial charge in [-0.3, -0.25) is 0 Å². The highest BCUT2D eigenvalue weighted by atomic mass is 35.5. The van der Waals surface area contributed by atoms with E-state index in [-0.39, 0.29) is 11.5 Å². The minimum Gasteiger partial charge on any atom is -0.391 e. The minimum atomic E-state index is -0.350. The summed E-state index contributed by atoms with van der Waals surface area (Å²) in [5, 5.41) is 19.5. The van der Waals surface area contributed by atoms with Gasteiger partial charge in [0, 0.05) is 30.3 Å². The molecule has 0 aromatic carbocycles. The molecule has 27 heavy (non-hydrogen) atoms. The Morgan fingerprint density at radius 2 is 2.07 bits per heavy atom. The average molecular weight is 388 g/mol. The molecule has 0 radical (unpaired) electrons. The van der Waals surface area contributed by atoms with E-state index >= 15 is 0 Å². The Kier molecular flexibility index (Phi) is 4.47. The molecule has 0 amide bonds. The fourth-order valence-electron chi connectivity index (χ4n) is 3.09. The van der Waals surface area contributed by atoms with E-state index in [1.165, 1.54) is 0 Å². The molecule has 0 bridgehead atoms. The summed E-state index contributed by atoms with van der Waals surface area (Å²) in [5.74, 6) is 1.43. The van der Waals surface area contributed by atoms with Crippen molar-refractivity contribution in [1.82, 2.24) is 29.9 Å². The number of aliphatic hydroxyl groups excluding tert-OH is 1. The van der Waals surface area contributed by atoms with Crippen LogP contribution in [0.25, 0.3) is 11.2 Å². The van der Waals surface area contributed by atoms with Crippen LogP contribution in [0, 0.1) is 0 Å². The van der Waals surface area contributed by atoms with E-state index in [0.717, 1.165) is 24.3 Å². The number of halogens is 1. The summed E-state index contributed by atoms with van der Waals surface area (Å²) < 4.78 is 0. The third kappa shape index (κ3) is 3.59. The highest BCUT2D eigenvalue weighted by Crippen LogP contribution is 2.29. The van der Waals surface area contributed by atoms with Gasteiger partial charge in [-0.25, -0.2) is 15.0 Å². The second kappa shape index (κ2) is 6.69. The van der Waals surface area contributed by atoms with Gasteiger partial charge in [-0.1, -0.05) is 38.4 Å². The molecule has 1 saturated heterocycles. The van der Waals surface area contributed by atoms with Crippen LogP contribution in [-0.4, -0.2) is 54.2 Å². The Bertz CT molecular complexity index is 981. The lowest BCUT2D eigenvalue weighted by atomic mass is 9.96. The first-order chi connectivity index (χ1) is 12.8. The topological polar surface area (TPSA) is 92.8 Å². The first-order valence-electron chi connectivity index (χ1n) is 8.97. The van der Waals surface area contributed by atoms with Crippen molar-refractivity contribution in [1.29, 1.82) is 0 Å². The summed E-state index contributed by atoms with van der Waals surface area (Å²) >= 11 is 6.16. The summed E-state index contributed by atoms with van der Waals surface area (Å²) in [5.41, 5.74) is 1.79. The molecule has 1 aliphatic heterocycles. The molecule has 1 aliphatic rings. The number of anilines is 1. The lowest BCUT2D eigenvalue weighted by molar-refractivity contribution is 0.198. The minimum absolute atomic E-state index is 0.224. The zero-order valence-corrected chi connectivity index (χ0v) is 16.3. The number of fused-ring (bicyclic) bond motifs is 1. The van der Waals surface area contributed by atoms with Crippen molar-refractivity contribution in [2.75, 3.05) is 18.0 Å². The number of aromatic nitrogens is 6. The van der Waals surface area contributed by atoms with Crippen LogP contribution in [-0.2, 0) is 12.0 Å². The largest absolute Gasteiger partial charge is 0.391 e. The number of hydrogen-bond acceptors (Lipinski definition) is 7. The molecule has 1 unspecified atom stereocenters. The maximum Gasteiger partial charge on any atom is 0.207 e. The van der Waals surface area contributed by atoms with Crippen molar-refractivity contribution in [3.05, 3.63) is 34.9 Å². The van der Waals surface area contributed by atoms with E-state index in [9.17, 15) is 5.11 Å². The Morgan fingerprint density at radius 3 is 2.74 bits per heavy atom. The zero-order chi connectivity index (χ0) is 19.2. The molecule has 3 aromatic heterocycles. The van der Waals surface area contributed by atoms with Crippen LogP contribution in [0.1, 0.15) is 38.6 Å². The highest BCUT2D eigenvalue weighted by Gasteiger charge is 2.28. The third-order valence-corrected chi connectivity index (χ3v) is 4.89. The fourth-order valence-corrected chi connectivity index (χ4v) is 3.27. The highest BCUT2D eigenvalue weighted by molar-refractivity contribution is 6.30. The molecule has 1 N–H and O–H groups in total. The van der Waals surface area contributed by atoms with Crippen LogP contribution in [0.5, 0.6) is 0 Å². The van der Waals surface area contributed by atoms with Gasteiger partial charge in [-0.2, -0.15) is 4.80 Å². The summed E-state index contributed by atoms with van der Waals surface area (Å²) in [6.07, 6.45) is 2.02. The van der Waals surface area contributed by atoms with Gasteiger partial charge < -0.3 is 10.0 Å². The molecular formula is C18H22ClN7O. The van der Waals surface area contributed by atoms with Gasteiger partial charge in [-0.05, 0) is 12.5 Å². The SMILES string of the molecule is CC(C)(C)c1nc(N2CCC(O)C2)c2nn(Cc3cccnc3Cl)nc2n1. The molecule has 1 atom stereocenters. The number of pyridine rings is 1. The van der Waals surface area contributed by atoms with E-state index < -0.39 is 0 Å². The number of β-amino-alcohol motifs (C(OH)–C–C–N with tert-alkyl or cyclic N) is 1. The summed E-state index contributed by atoms with van der Waals surface area (Å²) in [6.45, 7) is 7.87. The van der Waals surface area contributed by atoms with Gasteiger partial charge in [0.05, 0.1) is 12.6 Å². The van der Waals surface area contributed by atoms with Crippen molar-refractivity contribution in [2.24, 2.45) is 0 Å². The van der Waals surface area contributed by atoms with Gasteiger partial charge in [0.25, 0.3) is 0 Å². The molecule has 0 spiro atoms. The van der Waals surface area contributed by atoms with Crippen molar-refractivity contribution < 1.29 is 5.11 Å². The number of rotatable bonds is 3. The average Bonchev–Trinajstić information content (AvgIpc) is 3.21. The van der Waals surface area contributed by atoms with Crippen LogP contribution in [0.3, 0.4) is 0 Å². The van der Waals surface area contributed by atoms with Crippen molar-refractivity contribution in [3.8, 4) is 0 Å². The third-order valence-electron chi connectivity index (χ3n) is 4.55.